The molecule has 46 heavy (non-hydrogen) atoms. The Hall–Kier alpha value is -3.75. The summed E-state index contributed by atoms with van der Waals surface area (Å²) in [6.07, 6.45) is 0.179. The van der Waals surface area contributed by atoms with E-state index in [1.807, 2.05) is 4.90 Å². The number of nitrogens with zero attached hydrogens (tertiary/aromatic N) is 2. The average Bonchev–Trinajstić information content (AvgIpc) is 3.32. The molecule has 1 atom stereocenters. The molecule has 5 rings (SSSR count). The van der Waals surface area contributed by atoms with Gasteiger partial charge in [-0.1, -0.05) is 35.9 Å². The number of aromatic hydroxyl groups is 1. The molecule has 0 saturated carbocycles. The second kappa shape index (κ2) is 14.8. The van der Waals surface area contributed by atoms with Crippen LogP contribution in [0, 0.1) is 5.92 Å². The van der Waals surface area contributed by atoms with Gasteiger partial charge in [0.25, 0.3) is 0 Å². The third-order valence-electron chi connectivity index (χ3n) is 8.78. The van der Waals surface area contributed by atoms with Gasteiger partial charge in [0.1, 0.15) is 5.75 Å². The lowest BCUT2D eigenvalue weighted by Crippen LogP contribution is -2.57. The van der Waals surface area contributed by atoms with Crippen LogP contribution in [0.2, 0.25) is 5.02 Å². The van der Waals surface area contributed by atoms with Gasteiger partial charge in [-0.15, -0.1) is 0 Å². The molecule has 2 aromatic rings. The summed E-state index contributed by atoms with van der Waals surface area (Å²) in [4.78, 5) is 48.1. The summed E-state index contributed by atoms with van der Waals surface area (Å²) in [6, 6.07) is 13.5. The largest absolute Gasteiger partial charge is 0.508 e. The van der Waals surface area contributed by atoms with Crippen LogP contribution in [0.1, 0.15) is 42.4 Å². The molecule has 0 aromatic heterocycles. The molecule has 2 aromatic carbocycles. The van der Waals surface area contributed by atoms with Gasteiger partial charge in [-0.05, 0) is 54.2 Å². The van der Waals surface area contributed by atoms with E-state index in [0.717, 1.165) is 31.5 Å². The number of amides is 1. The highest BCUT2D eigenvalue weighted by molar-refractivity contribution is 6.31. The van der Waals surface area contributed by atoms with Gasteiger partial charge in [0.05, 0.1) is 37.1 Å². The summed E-state index contributed by atoms with van der Waals surface area (Å²) in [5, 5.41) is 44.3. The fourth-order valence-corrected chi connectivity index (χ4v) is 6.35. The number of phenols is 1. The summed E-state index contributed by atoms with van der Waals surface area (Å²) >= 11 is 6.40. The van der Waals surface area contributed by atoms with Gasteiger partial charge in [-0.3, -0.25) is 14.4 Å². The smallest absolute Gasteiger partial charge is 0.336 e. The highest BCUT2D eigenvalue weighted by Gasteiger charge is 2.44. The first-order valence-electron chi connectivity index (χ1n) is 14.9. The molecule has 13 nitrogen and oxygen atoms in total. The number of methoxy groups -OCH3 is 1. The van der Waals surface area contributed by atoms with E-state index in [9.17, 15) is 24.3 Å². The zero-order valence-electron chi connectivity index (χ0n) is 25.4. The predicted octanol–water partition coefficient (Wildman–Crippen LogP) is 2.33. The summed E-state index contributed by atoms with van der Waals surface area (Å²) in [6.45, 7) is 4.37. The Labute approximate surface area is 270 Å². The van der Waals surface area contributed by atoms with Crippen molar-refractivity contribution in [2.75, 3.05) is 39.8 Å². The molecule has 5 N–H and O–H groups in total. The highest BCUT2D eigenvalue weighted by Crippen LogP contribution is 2.44. The van der Waals surface area contributed by atoms with Gasteiger partial charge >= 0.3 is 17.9 Å². The van der Waals surface area contributed by atoms with Crippen molar-refractivity contribution >= 4 is 35.4 Å². The molecule has 3 aliphatic heterocycles. The first kappa shape index (κ1) is 35.1. The van der Waals surface area contributed by atoms with Crippen molar-refractivity contribution in [1.82, 2.24) is 9.80 Å². The van der Waals surface area contributed by atoms with E-state index in [1.165, 1.54) is 11.1 Å². The fraction of sp³-hybridized carbons (Fsp3) is 0.500. The summed E-state index contributed by atoms with van der Waals surface area (Å²) < 4.78 is 11.7. The molecule has 1 amide bonds. The predicted molar refractivity (Wildman–Crippen MR) is 163 cm³/mol. The van der Waals surface area contributed by atoms with Gasteiger partial charge in [-0.25, -0.2) is 4.79 Å². The number of carbonyl (C=O) groups is 4. The highest BCUT2D eigenvalue weighted by atomic mass is 35.5. The van der Waals surface area contributed by atoms with E-state index in [1.54, 1.807) is 25.3 Å². The van der Waals surface area contributed by atoms with E-state index in [4.69, 9.17) is 41.5 Å². The lowest BCUT2D eigenvalue weighted by molar-refractivity contribution is -0.170. The standard InChI is InChI=1S/C26H31ClN2O4.C6H8O7/c1-32-22-15-29(16-22)25(31)20(12-19-13-21(30)6-7-24(19)27)14-28-10-8-26(9-11-28)23-5-3-2-4-18(23)17-33-26;7-3(8)1-6(13,5(11)12)2-4(9)10/h2-7,13,20,22,30H,8-12,14-17H2,1H3;13H,1-2H2,(H,7,8)(H,9,10)(H,11,12). The van der Waals surface area contributed by atoms with Crippen molar-refractivity contribution in [3.05, 3.63) is 64.2 Å². The number of aliphatic hydroxyl groups is 1. The van der Waals surface area contributed by atoms with Crippen molar-refractivity contribution in [2.45, 2.75) is 56.0 Å². The number of fused-ring (bicyclic) bond motifs is 2. The Morgan fingerprint density at radius 3 is 2.26 bits per heavy atom. The number of rotatable bonds is 11. The number of benzene rings is 2. The summed E-state index contributed by atoms with van der Waals surface area (Å²) in [7, 11) is 1.68. The third kappa shape index (κ3) is 8.34. The van der Waals surface area contributed by atoms with E-state index in [-0.39, 0.29) is 29.3 Å². The molecular formula is C32H39ClN2O11. The minimum Gasteiger partial charge on any atom is -0.508 e. The Kier molecular flexibility index (Phi) is 11.3. The summed E-state index contributed by atoms with van der Waals surface area (Å²) in [5.74, 6) is -4.95. The van der Waals surface area contributed by atoms with Crippen molar-refractivity contribution in [1.29, 1.82) is 0 Å². The second-order valence-corrected chi connectivity index (χ2v) is 12.4. The van der Waals surface area contributed by atoms with Gasteiger partial charge in [0.2, 0.25) is 5.91 Å². The van der Waals surface area contributed by atoms with E-state index in [2.05, 4.69) is 29.2 Å². The second-order valence-electron chi connectivity index (χ2n) is 12.0. The van der Waals surface area contributed by atoms with Crippen molar-refractivity contribution < 1.29 is 54.2 Å². The maximum atomic E-state index is 13.4. The number of hydrogen-bond donors (Lipinski definition) is 5. The van der Waals surface area contributed by atoms with Crippen molar-refractivity contribution in [3.8, 4) is 5.75 Å². The molecule has 0 bridgehead atoms. The molecular weight excluding hydrogens is 624 g/mol. The molecule has 3 heterocycles. The van der Waals surface area contributed by atoms with Crippen LogP contribution < -0.4 is 0 Å². The number of carbonyl (C=O) groups excluding carboxylic acids is 1. The Morgan fingerprint density at radius 1 is 1.04 bits per heavy atom. The van der Waals surface area contributed by atoms with Crippen LogP contribution in [0.4, 0.5) is 0 Å². The maximum absolute atomic E-state index is 13.4. The number of carboxylic acid groups (broad SMARTS) is 3. The minimum absolute atomic E-state index is 0.119. The lowest BCUT2D eigenvalue weighted by Gasteiger charge is -2.43. The molecule has 2 saturated heterocycles. The zero-order valence-corrected chi connectivity index (χ0v) is 26.2. The van der Waals surface area contributed by atoms with Gasteiger partial charge in [0.15, 0.2) is 5.60 Å². The van der Waals surface area contributed by atoms with Gasteiger partial charge in [-0.2, -0.15) is 0 Å². The normalized spacial score (nSPS) is 18.2. The Balaban J connectivity index is 0.000000315. The number of piperidine rings is 1. The quantitative estimate of drug-likeness (QED) is 0.236. The first-order valence-corrected chi connectivity index (χ1v) is 15.3. The SMILES string of the molecule is COC1CN(C(=O)C(Cc2cc(O)ccc2Cl)CN2CCC3(CC2)OCc2ccccc23)C1.O=C(O)CC(O)(CC(=O)O)C(=O)O. The van der Waals surface area contributed by atoms with E-state index >= 15 is 0 Å². The van der Waals surface area contributed by atoms with E-state index in [0.29, 0.717) is 37.7 Å². The number of hydrogen-bond acceptors (Lipinski definition) is 9. The molecule has 14 heteroatoms. The molecule has 3 aliphatic rings. The number of carboxylic acids is 3. The van der Waals surface area contributed by atoms with Crippen LogP contribution in [-0.4, -0.2) is 111 Å². The fourth-order valence-electron chi connectivity index (χ4n) is 6.16. The third-order valence-corrected chi connectivity index (χ3v) is 9.15. The lowest BCUT2D eigenvalue weighted by atomic mass is 9.83. The summed E-state index contributed by atoms with van der Waals surface area (Å²) in [5.41, 5.74) is 0.500. The Morgan fingerprint density at radius 2 is 1.67 bits per heavy atom. The molecule has 250 valence electrons. The topological polar surface area (TPSA) is 194 Å². The number of likely N-dealkylation sites (tertiary alicyclic amines) is 2. The number of aliphatic carboxylic acids is 3. The van der Waals surface area contributed by atoms with Gasteiger partial charge < -0.3 is 44.8 Å². The number of halogens is 1. The van der Waals surface area contributed by atoms with Crippen LogP contribution >= 0.6 is 11.6 Å². The molecule has 1 unspecified atom stereocenters. The average molecular weight is 663 g/mol. The van der Waals surface area contributed by atoms with Gasteiger partial charge in [0, 0.05) is 44.9 Å². The van der Waals surface area contributed by atoms with Crippen molar-refractivity contribution in [3.63, 3.8) is 0 Å². The number of phenolic OH excluding ortho intramolecular Hbond substituents is 1. The molecule has 1 spiro atoms. The van der Waals surface area contributed by atoms with Crippen molar-refractivity contribution in [2.24, 2.45) is 5.92 Å². The molecule has 0 radical (unpaired) electrons. The number of ether oxygens (including phenoxy) is 2. The minimum atomic E-state index is -2.74. The van der Waals surface area contributed by atoms with Crippen LogP contribution in [0.25, 0.3) is 0 Å². The molecule has 2 fully saturated rings. The van der Waals surface area contributed by atoms with Crippen LogP contribution in [0.15, 0.2) is 42.5 Å². The molecule has 0 aliphatic carbocycles. The zero-order chi connectivity index (χ0) is 33.6. The van der Waals surface area contributed by atoms with Crippen LogP contribution in [0.5, 0.6) is 5.75 Å². The maximum Gasteiger partial charge on any atom is 0.336 e. The van der Waals surface area contributed by atoms with E-state index < -0.39 is 36.4 Å². The Bertz CT molecular complexity index is 1420. The van der Waals surface area contributed by atoms with Crippen LogP contribution in [0.3, 0.4) is 0 Å². The van der Waals surface area contributed by atoms with Crippen LogP contribution in [-0.2, 0) is 47.3 Å². The monoisotopic (exact) mass is 662 g/mol. The first-order chi connectivity index (χ1) is 21.7.